The summed E-state index contributed by atoms with van der Waals surface area (Å²) in [5.41, 5.74) is 0.552. The Labute approximate surface area is 166 Å². The van der Waals surface area contributed by atoms with Crippen molar-refractivity contribution >= 4 is 32.0 Å². The van der Waals surface area contributed by atoms with E-state index < -0.39 is 52.3 Å². The number of pyridine rings is 1. The molecule has 0 saturated carbocycles. The molecule has 0 saturated heterocycles. The van der Waals surface area contributed by atoms with Gasteiger partial charge < -0.3 is 10.4 Å². The molecule has 2 amide bonds. The Kier molecular flexibility index (Phi) is 6.44. The van der Waals surface area contributed by atoms with Gasteiger partial charge in [0.05, 0.1) is 10.9 Å². The normalized spacial score (nSPS) is 12.6. The fraction of sp³-hybridized carbons (Fsp3) is 0.188. The van der Waals surface area contributed by atoms with Crippen LogP contribution in [0.1, 0.15) is 18.5 Å². The van der Waals surface area contributed by atoms with Crippen LogP contribution >= 0.6 is 0 Å². The molecule has 2 rings (SSSR count). The van der Waals surface area contributed by atoms with Crippen LogP contribution in [0.4, 0.5) is 9.59 Å². The molecule has 1 aromatic carbocycles. The summed E-state index contributed by atoms with van der Waals surface area (Å²) < 4.78 is 48.5. The molecule has 0 bridgehead atoms. The van der Waals surface area contributed by atoms with Gasteiger partial charge in [0.25, 0.3) is 0 Å². The van der Waals surface area contributed by atoms with Crippen LogP contribution in [-0.2, 0) is 24.7 Å². The first-order valence-corrected chi connectivity index (χ1v) is 11.2. The third kappa shape index (κ3) is 5.20. The average molecular weight is 443 g/mol. The molecular formula is C16H17N3O8S2. The maximum absolute atomic E-state index is 12.7. The van der Waals surface area contributed by atoms with E-state index in [-0.39, 0.29) is 0 Å². The Bertz CT molecular complexity index is 1120. The highest BCUT2D eigenvalue weighted by Gasteiger charge is 2.37. The molecule has 0 aliphatic rings. The number of hydrogen-bond donors (Lipinski definition) is 2. The van der Waals surface area contributed by atoms with Crippen LogP contribution in [0, 0.1) is 0 Å². The van der Waals surface area contributed by atoms with Gasteiger partial charge in [-0.1, -0.05) is 18.2 Å². The van der Waals surface area contributed by atoms with Crippen molar-refractivity contribution in [3.63, 3.8) is 0 Å². The predicted molar refractivity (Wildman–Crippen MR) is 98.9 cm³/mol. The molecule has 29 heavy (non-hydrogen) atoms. The van der Waals surface area contributed by atoms with Crippen LogP contribution in [0.5, 0.6) is 0 Å². The van der Waals surface area contributed by atoms with Crippen LogP contribution in [-0.4, -0.2) is 49.8 Å². The topological polar surface area (TPSA) is 160 Å². The molecular weight excluding hydrogens is 426 g/mol. The summed E-state index contributed by atoms with van der Waals surface area (Å²) in [7, 11) is -9.07. The van der Waals surface area contributed by atoms with Crippen LogP contribution < -0.4 is 5.32 Å². The number of carbonyl (C=O) groups is 2. The largest absolute Gasteiger partial charge is 0.462 e. The van der Waals surface area contributed by atoms with Gasteiger partial charge in [0.1, 0.15) is 4.90 Å². The molecule has 1 atom stereocenters. The second-order valence-electron chi connectivity index (χ2n) is 5.76. The summed E-state index contributed by atoms with van der Waals surface area (Å²) in [6.07, 6.45) is 0.183. The van der Waals surface area contributed by atoms with Crippen molar-refractivity contribution < 1.29 is 36.4 Å². The summed E-state index contributed by atoms with van der Waals surface area (Å²) in [4.78, 5) is 30.4. The summed E-state index contributed by atoms with van der Waals surface area (Å²) >= 11 is 0. The highest BCUT2D eigenvalue weighted by Crippen LogP contribution is 2.24. The molecule has 0 aliphatic heterocycles. The van der Waals surface area contributed by atoms with Crippen molar-refractivity contribution in [2.45, 2.75) is 22.8 Å². The van der Waals surface area contributed by atoms with Gasteiger partial charge in [-0.25, -0.2) is 18.0 Å². The fourth-order valence-electron chi connectivity index (χ4n) is 2.24. The molecule has 1 aromatic heterocycles. The van der Waals surface area contributed by atoms with Gasteiger partial charge >= 0.3 is 22.2 Å². The number of carboxylic acid groups (broad SMARTS) is 1. The van der Waals surface area contributed by atoms with E-state index in [9.17, 15) is 31.5 Å². The van der Waals surface area contributed by atoms with E-state index in [1.807, 2.05) is 0 Å². The van der Waals surface area contributed by atoms with Gasteiger partial charge in [-0.15, -0.1) is 0 Å². The zero-order chi connectivity index (χ0) is 21.8. The van der Waals surface area contributed by atoms with E-state index in [2.05, 4.69) is 15.1 Å². The molecule has 0 spiro atoms. The van der Waals surface area contributed by atoms with E-state index >= 15 is 0 Å². The fourth-order valence-corrected chi connectivity index (χ4v) is 4.90. The number of carbonyl (C=O) groups excluding carboxylic acids is 1. The summed E-state index contributed by atoms with van der Waals surface area (Å²) in [5.74, 6) is 0. The Hall–Kier alpha value is -3.19. The molecule has 1 heterocycles. The monoisotopic (exact) mass is 443 g/mol. The lowest BCUT2D eigenvalue weighted by atomic mass is 10.1. The third-order valence-electron chi connectivity index (χ3n) is 3.59. The van der Waals surface area contributed by atoms with E-state index in [1.165, 1.54) is 31.5 Å². The lowest BCUT2D eigenvalue weighted by Gasteiger charge is -2.20. The quantitative estimate of drug-likeness (QED) is 0.653. The van der Waals surface area contributed by atoms with Crippen LogP contribution in [0.2, 0.25) is 0 Å². The molecule has 156 valence electrons. The average Bonchev–Trinajstić information content (AvgIpc) is 2.65. The zero-order valence-corrected chi connectivity index (χ0v) is 16.8. The molecule has 2 N–H and O–H groups in total. The SMILES string of the molecule is CC(NC(=O)ON(C(=O)O)S(=O)(=O)c1ccccc1S(C)(=O)=O)c1cccnc1. The number of amides is 2. The smallest absolute Gasteiger partial charge is 0.456 e. The van der Waals surface area contributed by atoms with Crippen molar-refractivity contribution in [2.75, 3.05) is 6.26 Å². The van der Waals surface area contributed by atoms with Crippen molar-refractivity contribution in [1.29, 1.82) is 0 Å². The Morgan fingerprint density at radius 2 is 1.72 bits per heavy atom. The van der Waals surface area contributed by atoms with E-state index in [4.69, 9.17) is 0 Å². The number of hydrogen-bond acceptors (Lipinski definition) is 8. The van der Waals surface area contributed by atoms with Crippen molar-refractivity contribution in [2.24, 2.45) is 0 Å². The van der Waals surface area contributed by atoms with Gasteiger partial charge in [-0.3, -0.25) is 9.82 Å². The standard InChI is InChI=1S/C16H17N3O8S2/c1-11(12-6-5-9-17-10-12)18-15(20)27-19(16(21)22)29(25,26)14-8-4-3-7-13(14)28(2,23)24/h3-11H,1-2H3,(H,18,20)(H,21,22). The summed E-state index contributed by atoms with van der Waals surface area (Å²) in [6, 6.07) is 6.91. The molecule has 13 heteroatoms. The maximum atomic E-state index is 12.7. The summed E-state index contributed by atoms with van der Waals surface area (Å²) in [6.45, 7) is 1.54. The van der Waals surface area contributed by atoms with Crippen LogP contribution in [0.25, 0.3) is 0 Å². The third-order valence-corrected chi connectivity index (χ3v) is 6.45. The Morgan fingerprint density at radius 3 is 2.24 bits per heavy atom. The van der Waals surface area contributed by atoms with E-state index in [1.54, 1.807) is 12.1 Å². The highest BCUT2D eigenvalue weighted by molar-refractivity contribution is 7.93. The highest BCUT2D eigenvalue weighted by atomic mass is 32.2. The van der Waals surface area contributed by atoms with Crippen molar-refractivity contribution in [3.8, 4) is 0 Å². The van der Waals surface area contributed by atoms with Gasteiger partial charge in [-0.2, -0.15) is 8.42 Å². The molecule has 11 nitrogen and oxygen atoms in total. The zero-order valence-electron chi connectivity index (χ0n) is 15.2. The van der Waals surface area contributed by atoms with Crippen LogP contribution in [0.3, 0.4) is 0 Å². The lowest BCUT2D eigenvalue weighted by molar-refractivity contribution is -0.0101. The first-order valence-electron chi connectivity index (χ1n) is 7.90. The molecule has 0 fully saturated rings. The van der Waals surface area contributed by atoms with Crippen LogP contribution in [0.15, 0.2) is 58.6 Å². The number of benzene rings is 1. The maximum Gasteiger partial charge on any atom is 0.456 e. The number of sulfonamides is 1. The number of nitrogens with one attached hydrogen (secondary N) is 1. The number of sulfone groups is 1. The minimum atomic E-state index is -5.05. The summed E-state index contributed by atoms with van der Waals surface area (Å²) in [5, 5.41) is 11.5. The number of rotatable bonds is 5. The van der Waals surface area contributed by atoms with Crippen molar-refractivity contribution in [1.82, 2.24) is 14.8 Å². The first kappa shape index (κ1) is 22.1. The molecule has 0 aliphatic carbocycles. The molecule has 1 unspecified atom stereocenters. The second kappa shape index (κ2) is 8.45. The second-order valence-corrected chi connectivity index (χ2v) is 9.47. The number of hydroxylamine groups is 1. The molecule has 2 aromatic rings. The Morgan fingerprint density at radius 1 is 1.10 bits per heavy atom. The molecule has 0 radical (unpaired) electrons. The first-order chi connectivity index (χ1) is 13.4. The number of nitrogens with zero attached hydrogens (tertiary/aromatic N) is 2. The minimum Gasteiger partial charge on any atom is -0.462 e. The van der Waals surface area contributed by atoms with Gasteiger partial charge in [0.2, 0.25) is 0 Å². The van der Waals surface area contributed by atoms with Gasteiger partial charge in [0, 0.05) is 18.6 Å². The number of aromatic nitrogens is 1. The van der Waals surface area contributed by atoms with Gasteiger partial charge in [-0.05, 0) is 35.2 Å². The lowest BCUT2D eigenvalue weighted by Crippen LogP contribution is -2.41. The van der Waals surface area contributed by atoms with Gasteiger partial charge in [0.15, 0.2) is 9.84 Å². The minimum absolute atomic E-state index is 0.552. The van der Waals surface area contributed by atoms with Crippen molar-refractivity contribution in [3.05, 3.63) is 54.4 Å². The van der Waals surface area contributed by atoms with E-state index in [0.29, 0.717) is 5.56 Å². The van der Waals surface area contributed by atoms with E-state index in [0.717, 1.165) is 18.4 Å². The Balaban J connectivity index is 2.32. The predicted octanol–water partition coefficient (Wildman–Crippen LogP) is 1.56.